The lowest BCUT2D eigenvalue weighted by Crippen LogP contribution is -2.07. The van der Waals surface area contributed by atoms with Gasteiger partial charge in [0, 0.05) is 24.4 Å². The number of benzene rings is 2. The molecule has 0 unspecified atom stereocenters. The van der Waals surface area contributed by atoms with Crippen molar-refractivity contribution in [3.63, 3.8) is 0 Å². The zero-order chi connectivity index (χ0) is 19.6. The minimum absolute atomic E-state index is 0.0802. The predicted octanol–water partition coefficient (Wildman–Crippen LogP) is 5.43. The summed E-state index contributed by atoms with van der Waals surface area (Å²) >= 11 is 0. The maximum absolute atomic E-state index is 13.3. The fraction of sp³-hybridized carbons (Fsp3) is 0.143. The van der Waals surface area contributed by atoms with Crippen molar-refractivity contribution in [3.8, 4) is 22.6 Å². The topological polar surface area (TPSA) is 55.8 Å². The quantitative estimate of drug-likeness (QED) is 0.614. The molecule has 0 saturated carbocycles. The third kappa shape index (κ3) is 3.40. The van der Waals surface area contributed by atoms with Gasteiger partial charge in [-0.2, -0.15) is 0 Å². The Hall–Kier alpha value is -3.59. The van der Waals surface area contributed by atoms with Crippen molar-refractivity contribution in [1.82, 2.24) is 4.57 Å². The Morgan fingerprint density at radius 2 is 1.93 bits per heavy atom. The number of rotatable bonds is 5. The lowest BCUT2D eigenvalue weighted by atomic mass is 10.0. The van der Waals surface area contributed by atoms with Gasteiger partial charge in [0.15, 0.2) is 0 Å². The minimum atomic E-state index is -1.09. The number of hydrogen-bond acceptors (Lipinski definition) is 2. The molecule has 0 bridgehead atoms. The molecule has 3 rings (SSSR count). The average molecular weight is 364 g/mol. The average Bonchev–Trinajstić information content (AvgIpc) is 2.94. The zero-order valence-corrected chi connectivity index (χ0v) is 14.9. The molecule has 0 radical (unpaired) electrons. The van der Waals surface area contributed by atoms with Crippen LogP contribution < -0.4 is 4.74 Å². The van der Waals surface area contributed by atoms with E-state index < -0.39 is 11.8 Å². The Labute approximate surface area is 156 Å². The normalized spacial score (nSPS) is 10.4. The highest BCUT2D eigenvalue weighted by Crippen LogP contribution is 2.40. The van der Waals surface area contributed by atoms with Crippen molar-refractivity contribution >= 4 is 11.7 Å². The smallest absolute Gasteiger partial charge is 0.351 e. The van der Waals surface area contributed by atoms with E-state index in [1.807, 2.05) is 6.92 Å². The van der Waals surface area contributed by atoms with Crippen LogP contribution in [0.5, 0.6) is 11.5 Å². The van der Waals surface area contributed by atoms with Crippen LogP contribution in [0.25, 0.3) is 16.0 Å². The standard InChI is InChI=1S/C21H17FN2O3/c1-4-17-19(23-2)18(20(21(25)26)24(17)3)13-8-10-15(11-9-13)27-16-7-5-6-14(22)12-16/h5-12H,4H2,1,3H3,(H,25,26). The molecule has 0 aliphatic rings. The van der Waals surface area contributed by atoms with Gasteiger partial charge in [0.25, 0.3) is 0 Å². The number of aromatic carboxylic acids is 1. The van der Waals surface area contributed by atoms with E-state index in [0.29, 0.717) is 40.4 Å². The Kier molecular flexibility index (Phi) is 4.95. The summed E-state index contributed by atoms with van der Waals surface area (Å²) in [5.74, 6) is -0.633. The predicted molar refractivity (Wildman–Crippen MR) is 99.9 cm³/mol. The first-order chi connectivity index (χ1) is 13.0. The molecule has 27 heavy (non-hydrogen) atoms. The van der Waals surface area contributed by atoms with Crippen LogP contribution in [0.1, 0.15) is 23.1 Å². The lowest BCUT2D eigenvalue weighted by Gasteiger charge is -2.08. The molecular weight excluding hydrogens is 347 g/mol. The monoisotopic (exact) mass is 364 g/mol. The van der Waals surface area contributed by atoms with Crippen molar-refractivity contribution in [1.29, 1.82) is 0 Å². The van der Waals surface area contributed by atoms with Crippen molar-refractivity contribution in [2.75, 3.05) is 0 Å². The molecule has 3 aromatic rings. The van der Waals surface area contributed by atoms with Crippen LogP contribution in [0.4, 0.5) is 10.1 Å². The van der Waals surface area contributed by atoms with Crippen LogP contribution in [0.2, 0.25) is 0 Å². The second-order valence-electron chi connectivity index (χ2n) is 5.93. The molecule has 1 aromatic heterocycles. The number of ether oxygens (including phenoxy) is 1. The Morgan fingerprint density at radius 3 is 2.48 bits per heavy atom. The van der Waals surface area contributed by atoms with Crippen molar-refractivity contribution in [3.05, 3.63) is 77.2 Å². The van der Waals surface area contributed by atoms with Gasteiger partial charge in [-0.05, 0) is 36.2 Å². The fourth-order valence-electron chi connectivity index (χ4n) is 3.12. The summed E-state index contributed by atoms with van der Waals surface area (Å²) in [6.07, 6.45) is 0.551. The van der Waals surface area contributed by atoms with Crippen LogP contribution in [0.15, 0.2) is 48.5 Å². The van der Waals surface area contributed by atoms with Crippen LogP contribution >= 0.6 is 0 Å². The van der Waals surface area contributed by atoms with E-state index in [4.69, 9.17) is 11.3 Å². The Bertz CT molecular complexity index is 1050. The SMILES string of the molecule is [C-]#[N+]c1c(-c2ccc(Oc3cccc(F)c3)cc2)c(C(=O)O)n(C)c1CC. The third-order valence-electron chi connectivity index (χ3n) is 4.31. The van der Waals surface area contributed by atoms with E-state index in [2.05, 4.69) is 4.85 Å². The summed E-state index contributed by atoms with van der Waals surface area (Å²) in [6, 6.07) is 12.5. The Balaban J connectivity index is 2.03. The van der Waals surface area contributed by atoms with Gasteiger partial charge in [0.05, 0.1) is 6.57 Å². The van der Waals surface area contributed by atoms with Crippen LogP contribution in [-0.4, -0.2) is 15.6 Å². The molecule has 1 heterocycles. The molecule has 0 saturated heterocycles. The summed E-state index contributed by atoms with van der Waals surface area (Å²) in [5.41, 5.74) is 2.11. The Morgan fingerprint density at radius 1 is 1.22 bits per heavy atom. The van der Waals surface area contributed by atoms with E-state index >= 15 is 0 Å². The highest BCUT2D eigenvalue weighted by atomic mass is 19.1. The molecule has 0 fully saturated rings. The van der Waals surface area contributed by atoms with Crippen LogP contribution in [-0.2, 0) is 13.5 Å². The van der Waals surface area contributed by atoms with Gasteiger partial charge in [-0.15, -0.1) is 0 Å². The van der Waals surface area contributed by atoms with E-state index in [9.17, 15) is 14.3 Å². The van der Waals surface area contributed by atoms with E-state index in [0.717, 1.165) is 0 Å². The van der Waals surface area contributed by atoms with Gasteiger partial charge in [-0.3, -0.25) is 0 Å². The van der Waals surface area contributed by atoms with Gasteiger partial charge >= 0.3 is 5.97 Å². The number of aromatic nitrogens is 1. The van der Waals surface area contributed by atoms with E-state index in [-0.39, 0.29) is 5.69 Å². The molecule has 0 aliphatic carbocycles. The summed E-state index contributed by atoms with van der Waals surface area (Å²) in [5, 5.41) is 9.63. The molecule has 1 N–H and O–H groups in total. The first kappa shape index (κ1) is 18.2. The maximum atomic E-state index is 13.3. The minimum Gasteiger partial charge on any atom is -0.477 e. The summed E-state index contributed by atoms with van der Waals surface area (Å²) < 4.78 is 20.4. The summed E-state index contributed by atoms with van der Waals surface area (Å²) in [7, 11) is 1.65. The van der Waals surface area contributed by atoms with Gasteiger partial charge < -0.3 is 14.4 Å². The molecule has 136 valence electrons. The van der Waals surface area contributed by atoms with Gasteiger partial charge in [0.2, 0.25) is 5.69 Å². The highest BCUT2D eigenvalue weighted by molar-refractivity contribution is 6.00. The number of halogens is 1. The van der Waals surface area contributed by atoms with Crippen molar-refractivity contribution in [2.45, 2.75) is 13.3 Å². The highest BCUT2D eigenvalue weighted by Gasteiger charge is 2.25. The van der Waals surface area contributed by atoms with Crippen LogP contribution in [0.3, 0.4) is 0 Å². The number of carbonyl (C=O) groups is 1. The molecule has 0 aliphatic heterocycles. The number of nitrogens with zero attached hydrogens (tertiary/aromatic N) is 2. The van der Waals surface area contributed by atoms with E-state index in [1.54, 1.807) is 48.0 Å². The third-order valence-corrected chi connectivity index (χ3v) is 4.31. The molecule has 5 nitrogen and oxygen atoms in total. The molecule has 0 spiro atoms. The molecule has 0 amide bonds. The molecule has 2 aromatic carbocycles. The fourth-order valence-corrected chi connectivity index (χ4v) is 3.12. The van der Waals surface area contributed by atoms with Crippen molar-refractivity contribution in [2.24, 2.45) is 7.05 Å². The summed E-state index contributed by atoms with van der Waals surface area (Å²) in [4.78, 5) is 15.3. The molecule has 6 heteroatoms. The molecule has 0 atom stereocenters. The van der Waals surface area contributed by atoms with Crippen LogP contribution in [0, 0.1) is 12.4 Å². The number of carboxylic acids is 1. The van der Waals surface area contributed by atoms with Gasteiger partial charge in [-0.25, -0.2) is 14.0 Å². The van der Waals surface area contributed by atoms with Gasteiger partial charge in [-0.1, -0.05) is 25.1 Å². The summed E-state index contributed by atoms with van der Waals surface area (Å²) in [6.45, 7) is 9.38. The first-order valence-electron chi connectivity index (χ1n) is 8.32. The van der Waals surface area contributed by atoms with E-state index in [1.165, 1.54) is 12.1 Å². The molecular formula is C21H17FN2O3. The lowest BCUT2D eigenvalue weighted by molar-refractivity contribution is 0.0687. The van der Waals surface area contributed by atoms with Gasteiger partial charge in [0.1, 0.15) is 23.0 Å². The number of hydrogen-bond donors (Lipinski definition) is 1. The zero-order valence-electron chi connectivity index (χ0n) is 14.9. The largest absolute Gasteiger partial charge is 0.477 e. The van der Waals surface area contributed by atoms with Crippen molar-refractivity contribution < 1.29 is 19.0 Å². The number of carboxylic acid groups (broad SMARTS) is 1. The first-order valence-corrected chi connectivity index (χ1v) is 8.32. The maximum Gasteiger partial charge on any atom is 0.351 e. The second-order valence-corrected chi connectivity index (χ2v) is 5.93. The second kappa shape index (κ2) is 7.34.